The fraction of sp³-hybridized carbons (Fsp3) is 0.333. The number of aromatic nitrogens is 1. The van der Waals surface area contributed by atoms with Crippen LogP contribution < -0.4 is 5.73 Å². The zero-order valence-corrected chi connectivity index (χ0v) is 10.6. The molecule has 0 fully saturated rings. The van der Waals surface area contributed by atoms with Gasteiger partial charge in [-0.3, -0.25) is 9.78 Å². The van der Waals surface area contributed by atoms with Crippen molar-refractivity contribution in [3.8, 4) is 0 Å². The van der Waals surface area contributed by atoms with Crippen molar-refractivity contribution < 1.29 is 4.79 Å². The summed E-state index contributed by atoms with van der Waals surface area (Å²) in [5.41, 5.74) is 7.12. The molecule has 0 radical (unpaired) electrons. The zero-order chi connectivity index (χ0) is 13.0. The minimum atomic E-state index is 0.0133. The van der Waals surface area contributed by atoms with Crippen molar-refractivity contribution in [1.82, 2.24) is 4.98 Å². The third-order valence-electron chi connectivity index (χ3n) is 3.20. The molecule has 0 saturated carbocycles. The van der Waals surface area contributed by atoms with Crippen molar-refractivity contribution in [3.05, 3.63) is 42.1 Å². The largest absolute Gasteiger partial charge is 0.330 e. The lowest BCUT2D eigenvalue weighted by Gasteiger charge is -2.11. The van der Waals surface area contributed by atoms with Gasteiger partial charge in [0.1, 0.15) is 0 Å². The number of rotatable bonds is 5. The summed E-state index contributed by atoms with van der Waals surface area (Å²) in [6.07, 6.45) is 3.47. The lowest BCUT2D eigenvalue weighted by Crippen LogP contribution is -2.13. The summed E-state index contributed by atoms with van der Waals surface area (Å²) in [6.45, 7) is 2.60. The molecule has 0 bridgehead atoms. The van der Waals surface area contributed by atoms with E-state index in [-0.39, 0.29) is 11.7 Å². The Bertz CT molecular complexity index is 546. The van der Waals surface area contributed by atoms with E-state index in [4.69, 9.17) is 5.73 Å². The molecule has 3 heteroatoms. The van der Waals surface area contributed by atoms with E-state index < -0.39 is 0 Å². The summed E-state index contributed by atoms with van der Waals surface area (Å²) in [4.78, 5) is 16.7. The highest BCUT2D eigenvalue weighted by Gasteiger charge is 2.16. The van der Waals surface area contributed by atoms with Crippen molar-refractivity contribution in [3.63, 3.8) is 0 Å². The number of benzene rings is 1. The smallest absolute Gasteiger partial charge is 0.166 e. The van der Waals surface area contributed by atoms with Crippen molar-refractivity contribution in [2.24, 2.45) is 11.7 Å². The van der Waals surface area contributed by atoms with Crippen molar-refractivity contribution in [2.75, 3.05) is 6.54 Å². The van der Waals surface area contributed by atoms with Crippen LogP contribution in [0.3, 0.4) is 0 Å². The second-order valence-corrected chi connectivity index (χ2v) is 4.57. The topological polar surface area (TPSA) is 56.0 Å². The van der Waals surface area contributed by atoms with Crippen LogP contribution in [0, 0.1) is 5.92 Å². The molecule has 2 aromatic rings. The maximum Gasteiger partial charge on any atom is 0.166 e. The Kier molecular flexibility index (Phi) is 4.05. The number of ketones is 1. The summed E-state index contributed by atoms with van der Waals surface area (Å²) in [6, 6.07) is 9.51. The fourth-order valence-corrected chi connectivity index (χ4v) is 2.14. The first-order valence-electron chi connectivity index (χ1n) is 6.32. The van der Waals surface area contributed by atoms with Gasteiger partial charge in [-0.1, -0.05) is 25.1 Å². The summed E-state index contributed by atoms with van der Waals surface area (Å²) in [5, 5.41) is 0.935. The van der Waals surface area contributed by atoms with Gasteiger partial charge in [0, 0.05) is 23.1 Å². The molecule has 0 aliphatic carbocycles. The number of nitrogens with zero attached hydrogens (tertiary/aromatic N) is 1. The molecule has 0 amide bonds. The summed E-state index contributed by atoms with van der Waals surface area (Å²) in [5.74, 6) is 0.196. The molecule has 1 aromatic carbocycles. The Labute approximate surface area is 107 Å². The molecule has 18 heavy (non-hydrogen) atoms. The maximum atomic E-state index is 12.4. The molecule has 2 N–H and O–H groups in total. The van der Waals surface area contributed by atoms with E-state index in [1.807, 2.05) is 37.3 Å². The number of hydrogen-bond acceptors (Lipinski definition) is 3. The molecule has 0 aliphatic rings. The van der Waals surface area contributed by atoms with Gasteiger partial charge in [-0.15, -0.1) is 0 Å². The van der Waals surface area contributed by atoms with E-state index in [9.17, 15) is 4.79 Å². The van der Waals surface area contributed by atoms with E-state index in [0.717, 1.165) is 29.3 Å². The van der Waals surface area contributed by atoms with Crippen LogP contribution in [0.5, 0.6) is 0 Å². The number of pyridine rings is 1. The van der Waals surface area contributed by atoms with E-state index in [1.165, 1.54) is 0 Å². The van der Waals surface area contributed by atoms with Gasteiger partial charge in [-0.05, 0) is 31.5 Å². The predicted molar refractivity (Wildman–Crippen MR) is 73.5 cm³/mol. The number of Topliss-reactive ketones (excluding diaryl/α,β-unsaturated/α-hetero) is 1. The standard InChI is InChI=1S/C15H18N2O/c1-11(5-3-9-16)15(18)13-6-2-8-14-12(13)7-4-10-17-14/h2,4,6-8,10-11H,3,5,9,16H2,1H3. The van der Waals surface area contributed by atoms with Crippen LogP contribution in [0.4, 0.5) is 0 Å². The normalized spacial score (nSPS) is 12.6. The van der Waals surface area contributed by atoms with Crippen LogP contribution in [0.2, 0.25) is 0 Å². The molecule has 0 saturated heterocycles. The number of carbonyl (C=O) groups excluding carboxylic acids is 1. The molecular weight excluding hydrogens is 224 g/mol. The minimum Gasteiger partial charge on any atom is -0.330 e. The zero-order valence-electron chi connectivity index (χ0n) is 10.6. The molecule has 94 valence electrons. The van der Waals surface area contributed by atoms with Crippen molar-refractivity contribution in [2.45, 2.75) is 19.8 Å². The van der Waals surface area contributed by atoms with Gasteiger partial charge in [0.2, 0.25) is 0 Å². The van der Waals surface area contributed by atoms with Gasteiger partial charge in [0.05, 0.1) is 5.52 Å². The molecule has 1 aromatic heterocycles. The molecule has 1 atom stereocenters. The van der Waals surface area contributed by atoms with Crippen LogP contribution in [0.1, 0.15) is 30.1 Å². The Morgan fingerprint density at radius 2 is 2.17 bits per heavy atom. The van der Waals surface area contributed by atoms with Crippen molar-refractivity contribution >= 4 is 16.7 Å². The van der Waals surface area contributed by atoms with Gasteiger partial charge in [0.25, 0.3) is 0 Å². The van der Waals surface area contributed by atoms with Crippen LogP contribution >= 0.6 is 0 Å². The first-order chi connectivity index (χ1) is 8.74. The Morgan fingerprint density at radius 1 is 1.33 bits per heavy atom. The Morgan fingerprint density at radius 3 is 2.94 bits per heavy atom. The van der Waals surface area contributed by atoms with Gasteiger partial charge < -0.3 is 5.73 Å². The monoisotopic (exact) mass is 242 g/mol. The number of fused-ring (bicyclic) bond motifs is 1. The number of nitrogens with two attached hydrogens (primary N) is 1. The number of carbonyl (C=O) groups is 1. The minimum absolute atomic E-state index is 0.0133. The average Bonchev–Trinajstić information content (AvgIpc) is 2.43. The third kappa shape index (κ3) is 2.57. The average molecular weight is 242 g/mol. The maximum absolute atomic E-state index is 12.4. The van der Waals surface area contributed by atoms with E-state index >= 15 is 0 Å². The van der Waals surface area contributed by atoms with Crippen LogP contribution in [-0.4, -0.2) is 17.3 Å². The summed E-state index contributed by atoms with van der Waals surface area (Å²) < 4.78 is 0. The fourth-order valence-electron chi connectivity index (χ4n) is 2.14. The third-order valence-corrected chi connectivity index (χ3v) is 3.20. The van der Waals surface area contributed by atoms with Gasteiger partial charge in [-0.2, -0.15) is 0 Å². The summed E-state index contributed by atoms with van der Waals surface area (Å²) >= 11 is 0. The van der Waals surface area contributed by atoms with Gasteiger partial charge >= 0.3 is 0 Å². The molecule has 0 spiro atoms. The lowest BCUT2D eigenvalue weighted by molar-refractivity contribution is 0.0925. The molecule has 3 nitrogen and oxygen atoms in total. The lowest BCUT2D eigenvalue weighted by atomic mass is 9.93. The number of hydrogen-bond donors (Lipinski definition) is 1. The molecular formula is C15H18N2O. The second-order valence-electron chi connectivity index (χ2n) is 4.57. The van der Waals surface area contributed by atoms with Gasteiger partial charge in [-0.25, -0.2) is 0 Å². The highest BCUT2D eigenvalue weighted by atomic mass is 16.1. The Hall–Kier alpha value is -1.74. The van der Waals surface area contributed by atoms with Crippen LogP contribution in [0.15, 0.2) is 36.5 Å². The quantitative estimate of drug-likeness (QED) is 0.820. The van der Waals surface area contributed by atoms with E-state index in [1.54, 1.807) is 6.20 Å². The molecule has 0 aliphatic heterocycles. The van der Waals surface area contributed by atoms with Crippen molar-refractivity contribution in [1.29, 1.82) is 0 Å². The molecule has 1 heterocycles. The van der Waals surface area contributed by atoms with Gasteiger partial charge in [0.15, 0.2) is 5.78 Å². The predicted octanol–water partition coefficient (Wildman–Crippen LogP) is 2.79. The first-order valence-corrected chi connectivity index (χ1v) is 6.32. The van der Waals surface area contributed by atoms with Crippen LogP contribution in [0.25, 0.3) is 10.9 Å². The van der Waals surface area contributed by atoms with E-state index in [2.05, 4.69) is 4.98 Å². The highest BCUT2D eigenvalue weighted by molar-refractivity contribution is 6.08. The first kappa shape index (κ1) is 12.7. The highest BCUT2D eigenvalue weighted by Crippen LogP contribution is 2.21. The second kappa shape index (κ2) is 5.74. The molecule has 2 rings (SSSR count). The summed E-state index contributed by atoms with van der Waals surface area (Å²) in [7, 11) is 0. The molecule has 1 unspecified atom stereocenters. The van der Waals surface area contributed by atoms with Crippen LogP contribution in [-0.2, 0) is 0 Å². The SMILES string of the molecule is CC(CCCN)C(=O)c1cccc2ncccc12. The Balaban J connectivity index is 2.33. The van der Waals surface area contributed by atoms with E-state index in [0.29, 0.717) is 6.54 Å².